The molecule has 1 aliphatic heterocycles. The molecule has 0 aromatic heterocycles. The normalized spacial score (nSPS) is 27.7. The molecule has 0 bridgehead atoms. The first kappa shape index (κ1) is 24.5. The fourth-order valence-corrected chi connectivity index (χ4v) is 5.07. The van der Waals surface area contributed by atoms with Gasteiger partial charge in [-0.1, -0.05) is 42.5 Å². The molecular formula is C28H34O6. The smallest absolute Gasteiger partial charge is 0.338 e. The number of hydrogen-bond acceptors (Lipinski definition) is 6. The number of hydrogen-bond donors (Lipinski definition) is 2. The lowest BCUT2D eigenvalue weighted by Gasteiger charge is -2.21. The molecule has 6 atom stereocenters. The third kappa shape index (κ3) is 6.06. The van der Waals surface area contributed by atoms with Crippen LogP contribution in [0.2, 0.25) is 0 Å². The highest BCUT2D eigenvalue weighted by Crippen LogP contribution is 2.43. The molecule has 2 fully saturated rings. The maximum absolute atomic E-state index is 12.1. The SMILES string of the molecule is CCOC(=O)c1cccc([C@H]2CC[C@@H]3[C@@H](C=C[C@@H](O)COc4ccccc4)[C@H](O)C[C@@H]3OC2)c1. The van der Waals surface area contributed by atoms with Gasteiger partial charge in [0, 0.05) is 18.3 Å². The fraction of sp³-hybridized carbons (Fsp3) is 0.464. The van der Waals surface area contributed by atoms with Gasteiger partial charge in [-0.2, -0.15) is 0 Å². The van der Waals surface area contributed by atoms with Crippen LogP contribution < -0.4 is 4.74 Å². The van der Waals surface area contributed by atoms with E-state index < -0.39 is 12.2 Å². The van der Waals surface area contributed by atoms with Crippen LogP contribution in [0.4, 0.5) is 0 Å². The van der Waals surface area contributed by atoms with Crippen molar-refractivity contribution >= 4 is 5.97 Å². The monoisotopic (exact) mass is 466 g/mol. The molecular weight excluding hydrogens is 432 g/mol. The lowest BCUT2D eigenvalue weighted by Crippen LogP contribution is -2.22. The van der Waals surface area contributed by atoms with Crippen LogP contribution >= 0.6 is 0 Å². The van der Waals surface area contributed by atoms with Crippen molar-refractivity contribution in [2.45, 2.75) is 50.4 Å². The van der Waals surface area contributed by atoms with Crippen LogP contribution in [0.25, 0.3) is 0 Å². The Kier molecular flexibility index (Phi) is 8.38. The Labute approximate surface area is 201 Å². The molecule has 1 saturated carbocycles. The van der Waals surface area contributed by atoms with E-state index in [2.05, 4.69) is 0 Å². The van der Waals surface area contributed by atoms with Crippen LogP contribution in [0.1, 0.15) is 48.0 Å². The number of rotatable bonds is 8. The van der Waals surface area contributed by atoms with E-state index in [1.807, 2.05) is 54.6 Å². The molecule has 1 aliphatic carbocycles. The van der Waals surface area contributed by atoms with E-state index in [1.165, 1.54) is 0 Å². The van der Waals surface area contributed by atoms with Crippen molar-refractivity contribution in [2.75, 3.05) is 19.8 Å². The van der Waals surface area contributed by atoms with Gasteiger partial charge in [-0.25, -0.2) is 4.79 Å². The zero-order valence-electron chi connectivity index (χ0n) is 19.6. The molecule has 2 aliphatic rings. The predicted molar refractivity (Wildman–Crippen MR) is 129 cm³/mol. The van der Waals surface area contributed by atoms with Gasteiger partial charge in [-0.15, -0.1) is 0 Å². The van der Waals surface area contributed by atoms with E-state index in [4.69, 9.17) is 14.2 Å². The molecule has 6 heteroatoms. The highest BCUT2D eigenvalue weighted by atomic mass is 16.5. The van der Waals surface area contributed by atoms with Gasteiger partial charge in [0.05, 0.1) is 31.0 Å². The van der Waals surface area contributed by atoms with Gasteiger partial charge in [0.1, 0.15) is 18.5 Å². The van der Waals surface area contributed by atoms with Crippen molar-refractivity contribution in [1.29, 1.82) is 0 Å². The van der Waals surface area contributed by atoms with E-state index in [-0.39, 0.29) is 36.4 Å². The molecule has 1 heterocycles. The second-order valence-electron chi connectivity index (χ2n) is 9.11. The van der Waals surface area contributed by atoms with Gasteiger partial charge in [0.25, 0.3) is 0 Å². The van der Waals surface area contributed by atoms with Gasteiger partial charge in [-0.3, -0.25) is 0 Å². The topological polar surface area (TPSA) is 85.2 Å². The molecule has 2 N–H and O–H groups in total. The summed E-state index contributed by atoms with van der Waals surface area (Å²) in [4.78, 5) is 12.1. The summed E-state index contributed by atoms with van der Waals surface area (Å²) in [5.41, 5.74) is 1.64. The van der Waals surface area contributed by atoms with Crippen molar-refractivity contribution in [3.63, 3.8) is 0 Å². The van der Waals surface area contributed by atoms with Gasteiger partial charge >= 0.3 is 5.97 Å². The summed E-state index contributed by atoms with van der Waals surface area (Å²) >= 11 is 0. The van der Waals surface area contributed by atoms with E-state index >= 15 is 0 Å². The van der Waals surface area contributed by atoms with E-state index in [0.717, 1.165) is 18.4 Å². The third-order valence-corrected chi connectivity index (χ3v) is 6.84. The predicted octanol–water partition coefficient (Wildman–Crippen LogP) is 4.12. The number of carbonyl (C=O) groups excluding carboxylic acids is 1. The Bertz CT molecular complexity index is 958. The van der Waals surface area contributed by atoms with Crippen molar-refractivity contribution < 1.29 is 29.2 Å². The highest BCUT2D eigenvalue weighted by Gasteiger charge is 2.43. The maximum Gasteiger partial charge on any atom is 0.338 e. The highest BCUT2D eigenvalue weighted by molar-refractivity contribution is 5.89. The summed E-state index contributed by atoms with van der Waals surface area (Å²) in [6, 6.07) is 17.0. The van der Waals surface area contributed by atoms with Crippen LogP contribution in [0.3, 0.4) is 0 Å². The Morgan fingerprint density at radius 1 is 1.18 bits per heavy atom. The summed E-state index contributed by atoms with van der Waals surface area (Å²) in [6.45, 7) is 2.87. The Hall–Kier alpha value is -2.67. The number of fused-ring (bicyclic) bond motifs is 1. The molecule has 2 aromatic rings. The van der Waals surface area contributed by atoms with E-state index in [0.29, 0.717) is 30.9 Å². The summed E-state index contributed by atoms with van der Waals surface area (Å²) < 4.78 is 17.0. The minimum absolute atomic E-state index is 0.0133. The van der Waals surface area contributed by atoms with Crippen molar-refractivity contribution in [2.24, 2.45) is 11.8 Å². The lowest BCUT2D eigenvalue weighted by molar-refractivity contribution is 0.0286. The molecule has 0 amide bonds. The average molecular weight is 467 g/mol. The number of ether oxygens (including phenoxy) is 3. The number of carbonyl (C=O) groups is 1. The summed E-state index contributed by atoms with van der Waals surface area (Å²) in [7, 11) is 0. The zero-order valence-corrected chi connectivity index (χ0v) is 19.6. The number of aliphatic hydroxyl groups is 2. The van der Waals surface area contributed by atoms with Crippen LogP contribution in [0.5, 0.6) is 5.75 Å². The van der Waals surface area contributed by atoms with Crippen molar-refractivity contribution in [3.8, 4) is 5.75 Å². The Balaban J connectivity index is 1.36. The van der Waals surface area contributed by atoms with Crippen LogP contribution in [-0.4, -0.2) is 54.3 Å². The third-order valence-electron chi connectivity index (χ3n) is 6.84. The fourth-order valence-electron chi connectivity index (χ4n) is 5.07. The summed E-state index contributed by atoms with van der Waals surface area (Å²) in [5, 5.41) is 21.0. The number of benzene rings is 2. The second kappa shape index (κ2) is 11.6. The number of para-hydroxylation sites is 1. The van der Waals surface area contributed by atoms with Crippen LogP contribution in [0, 0.1) is 11.8 Å². The van der Waals surface area contributed by atoms with Gasteiger partial charge in [-0.05, 0) is 55.5 Å². The van der Waals surface area contributed by atoms with Crippen LogP contribution in [0.15, 0.2) is 66.7 Å². The molecule has 0 unspecified atom stereocenters. The van der Waals surface area contributed by atoms with Gasteiger partial charge in [0.2, 0.25) is 0 Å². The lowest BCUT2D eigenvalue weighted by atomic mass is 9.85. The molecule has 182 valence electrons. The molecule has 0 radical (unpaired) electrons. The molecule has 6 nitrogen and oxygen atoms in total. The molecule has 4 rings (SSSR count). The number of esters is 1. The average Bonchev–Trinajstić information content (AvgIpc) is 3.01. The van der Waals surface area contributed by atoms with Crippen molar-refractivity contribution in [1.82, 2.24) is 0 Å². The first-order chi connectivity index (χ1) is 16.5. The van der Waals surface area contributed by atoms with Crippen molar-refractivity contribution in [3.05, 3.63) is 77.9 Å². The van der Waals surface area contributed by atoms with E-state index in [9.17, 15) is 15.0 Å². The van der Waals surface area contributed by atoms with Crippen LogP contribution in [-0.2, 0) is 9.47 Å². The van der Waals surface area contributed by atoms with Gasteiger partial charge < -0.3 is 24.4 Å². The Morgan fingerprint density at radius 2 is 2.00 bits per heavy atom. The van der Waals surface area contributed by atoms with Gasteiger partial charge in [0.15, 0.2) is 0 Å². The largest absolute Gasteiger partial charge is 0.491 e. The molecule has 34 heavy (non-hydrogen) atoms. The summed E-state index contributed by atoms with van der Waals surface area (Å²) in [5.74, 6) is 0.712. The first-order valence-corrected chi connectivity index (χ1v) is 12.2. The quantitative estimate of drug-likeness (QED) is 0.450. The maximum atomic E-state index is 12.1. The van der Waals surface area contributed by atoms with E-state index in [1.54, 1.807) is 19.1 Å². The zero-order chi connectivity index (χ0) is 23.9. The molecule has 2 aromatic carbocycles. The standard InChI is InChI=1S/C28H34O6/c1-2-32-28(31)20-8-6-7-19(15-20)21-11-13-25-24(26(30)16-27(25)34-17-21)14-12-22(29)18-33-23-9-4-3-5-10-23/h3-10,12,14-15,21-22,24-27,29-30H,2,11,13,16-18H2,1H3/t21-,22+,24+,25+,26+,27-/m0/s1. The molecule has 0 spiro atoms. The second-order valence-corrected chi connectivity index (χ2v) is 9.11. The minimum atomic E-state index is -0.753. The Morgan fingerprint density at radius 3 is 2.79 bits per heavy atom. The number of aliphatic hydroxyl groups excluding tert-OH is 2. The first-order valence-electron chi connectivity index (χ1n) is 12.2. The minimum Gasteiger partial charge on any atom is -0.491 e. The summed E-state index contributed by atoms with van der Waals surface area (Å²) in [6.07, 6.45) is 4.80. The molecule has 1 saturated heterocycles.